The van der Waals surface area contributed by atoms with Crippen LogP contribution in [-0.4, -0.2) is 43.5 Å². The van der Waals surface area contributed by atoms with Crippen LogP contribution in [-0.2, 0) is 4.84 Å². The summed E-state index contributed by atoms with van der Waals surface area (Å²) < 4.78 is 0. The molecule has 1 aliphatic carbocycles. The van der Waals surface area contributed by atoms with E-state index in [-0.39, 0.29) is 0 Å². The third-order valence-electron chi connectivity index (χ3n) is 3.61. The van der Waals surface area contributed by atoms with Crippen molar-refractivity contribution in [2.24, 2.45) is 11.1 Å². The Bertz CT molecular complexity index is 422. The number of piperazine rings is 1. The highest BCUT2D eigenvalue weighted by molar-refractivity contribution is 5.98. The molecule has 2 aliphatic rings. The Morgan fingerprint density at radius 3 is 2.63 bits per heavy atom. The van der Waals surface area contributed by atoms with Gasteiger partial charge in [-0.05, 0) is 18.8 Å². The van der Waals surface area contributed by atoms with Gasteiger partial charge < -0.3 is 15.1 Å². The van der Waals surface area contributed by atoms with Crippen LogP contribution < -0.4 is 5.32 Å². The van der Waals surface area contributed by atoms with Crippen molar-refractivity contribution in [1.29, 1.82) is 0 Å². The third-order valence-corrected chi connectivity index (χ3v) is 3.61. The Morgan fingerprint density at radius 1 is 1.21 bits per heavy atom. The quantitative estimate of drug-likeness (QED) is 0.508. The van der Waals surface area contributed by atoms with E-state index in [2.05, 4.69) is 27.5 Å². The van der Waals surface area contributed by atoms with Gasteiger partial charge in [-0.2, -0.15) is 0 Å². The normalized spacial score (nSPS) is 20.4. The van der Waals surface area contributed by atoms with Crippen molar-refractivity contribution in [3.8, 4) is 0 Å². The second-order valence-electron chi connectivity index (χ2n) is 5.26. The monoisotopic (exact) mass is 259 g/mol. The molecule has 0 unspecified atom stereocenters. The van der Waals surface area contributed by atoms with Gasteiger partial charge in [0.2, 0.25) is 0 Å². The van der Waals surface area contributed by atoms with Crippen molar-refractivity contribution >= 4 is 5.84 Å². The highest BCUT2D eigenvalue weighted by Gasteiger charge is 2.22. The van der Waals surface area contributed by atoms with Crippen LogP contribution in [0.15, 0.2) is 35.5 Å². The molecule has 102 valence electrons. The average molecular weight is 259 g/mol. The van der Waals surface area contributed by atoms with E-state index in [1.807, 2.05) is 18.2 Å². The highest BCUT2D eigenvalue weighted by atomic mass is 16.6. The maximum absolute atomic E-state index is 5.55. The Morgan fingerprint density at radius 2 is 1.95 bits per heavy atom. The van der Waals surface area contributed by atoms with E-state index in [4.69, 9.17) is 4.84 Å². The first-order chi connectivity index (χ1) is 9.43. The van der Waals surface area contributed by atoms with Gasteiger partial charge in [0.05, 0.1) is 0 Å². The van der Waals surface area contributed by atoms with Crippen molar-refractivity contribution in [3.63, 3.8) is 0 Å². The molecule has 4 nitrogen and oxygen atoms in total. The molecule has 4 heteroatoms. The average Bonchev–Trinajstić information content (AvgIpc) is 3.30. The van der Waals surface area contributed by atoms with E-state index in [1.54, 1.807) is 0 Å². The SMILES string of the molecule is c1ccc(/C(=N\OCC2CC2)N2CCNCC2)cc1. The van der Waals surface area contributed by atoms with Crippen LogP contribution >= 0.6 is 0 Å². The molecule has 1 aromatic rings. The first kappa shape index (κ1) is 12.5. The topological polar surface area (TPSA) is 36.9 Å². The van der Waals surface area contributed by atoms with Crippen LogP contribution in [0.25, 0.3) is 0 Å². The molecular formula is C15H21N3O. The van der Waals surface area contributed by atoms with E-state index in [1.165, 1.54) is 12.8 Å². The van der Waals surface area contributed by atoms with Gasteiger partial charge in [-0.1, -0.05) is 35.5 Å². The van der Waals surface area contributed by atoms with Gasteiger partial charge in [0, 0.05) is 31.7 Å². The van der Waals surface area contributed by atoms with E-state index in [9.17, 15) is 0 Å². The minimum atomic E-state index is 0.740. The lowest BCUT2D eigenvalue weighted by Gasteiger charge is -2.30. The molecule has 0 radical (unpaired) electrons. The second kappa shape index (κ2) is 6.06. The zero-order chi connectivity index (χ0) is 12.9. The molecule has 0 amide bonds. The van der Waals surface area contributed by atoms with E-state index in [0.717, 1.165) is 50.1 Å². The van der Waals surface area contributed by atoms with Crippen LogP contribution in [0.5, 0.6) is 0 Å². The molecule has 0 spiro atoms. The molecule has 2 fully saturated rings. The summed E-state index contributed by atoms with van der Waals surface area (Å²) in [7, 11) is 0. The molecule has 0 atom stereocenters. The van der Waals surface area contributed by atoms with Crippen LogP contribution in [0.2, 0.25) is 0 Å². The Labute approximate surface area is 114 Å². The molecule has 1 saturated carbocycles. The number of amidine groups is 1. The lowest BCUT2D eigenvalue weighted by molar-refractivity contribution is 0.129. The molecule has 0 bridgehead atoms. The lowest BCUT2D eigenvalue weighted by Crippen LogP contribution is -2.46. The predicted molar refractivity (Wildman–Crippen MR) is 76.1 cm³/mol. The third kappa shape index (κ3) is 3.47. The fourth-order valence-electron chi connectivity index (χ4n) is 2.25. The highest BCUT2D eigenvalue weighted by Crippen LogP contribution is 2.28. The van der Waals surface area contributed by atoms with Crippen molar-refractivity contribution in [3.05, 3.63) is 35.9 Å². The second-order valence-corrected chi connectivity index (χ2v) is 5.26. The van der Waals surface area contributed by atoms with Crippen molar-refractivity contribution in [1.82, 2.24) is 10.2 Å². The molecule has 1 saturated heterocycles. The van der Waals surface area contributed by atoms with Gasteiger partial charge in [0.25, 0.3) is 0 Å². The van der Waals surface area contributed by atoms with Crippen LogP contribution in [0.4, 0.5) is 0 Å². The number of benzene rings is 1. The first-order valence-electron chi connectivity index (χ1n) is 7.14. The number of oxime groups is 1. The van der Waals surface area contributed by atoms with Gasteiger partial charge >= 0.3 is 0 Å². The Balaban J connectivity index is 1.73. The van der Waals surface area contributed by atoms with Crippen LogP contribution in [0, 0.1) is 5.92 Å². The summed E-state index contributed by atoms with van der Waals surface area (Å²) in [5.74, 6) is 1.71. The van der Waals surface area contributed by atoms with Gasteiger partial charge in [-0.15, -0.1) is 0 Å². The standard InChI is InChI=1S/C15H21N3O/c1-2-4-14(5-3-1)15(17-19-12-13-6-7-13)18-10-8-16-9-11-18/h1-5,13,16H,6-12H2/b17-15+. The maximum Gasteiger partial charge on any atom is 0.175 e. The van der Waals surface area contributed by atoms with Gasteiger partial charge in [0.15, 0.2) is 5.84 Å². The molecule has 0 aromatic heterocycles. The molecule has 1 aliphatic heterocycles. The number of hydrogen-bond donors (Lipinski definition) is 1. The predicted octanol–water partition coefficient (Wildman–Crippen LogP) is 1.68. The fraction of sp³-hybridized carbons (Fsp3) is 0.533. The van der Waals surface area contributed by atoms with Crippen molar-refractivity contribution in [2.75, 3.05) is 32.8 Å². The Hall–Kier alpha value is -1.55. The molecule has 3 rings (SSSR count). The Kier molecular flexibility index (Phi) is 3.98. The minimum Gasteiger partial charge on any atom is -0.394 e. The summed E-state index contributed by atoms with van der Waals surface area (Å²) in [6, 6.07) is 10.3. The maximum atomic E-state index is 5.55. The summed E-state index contributed by atoms with van der Waals surface area (Å²) in [5.41, 5.74) is 1.14. The fourth-order valence-corrected chi connectivity index (χ4v) is 2.25. The van der Waals surface area contributed by atoms with Crippen molar-refractivity contribution in [2.45, 2.75) is 12.8 Å². The zero-order valence-electron chi connectivity index (χ0n) is 11.2. The number of rotatable bonds is 4. The smallest absolute Gasteiger partial charge is 0.175 e. The molecular weight excluding hydrogens is 238 g/mol. The molecule has 1 heterocycles. The van der Waals surface area contributed by atoms with Gasteiger partial charge in [-0.25, -0.2) is 0 Å². The van der Waals surface area contributed by atoms with Gasteiger partial charge in [0.1, 0.15) is 6.61 Å². The van der Waals surface area contributed by atoms with E-state index in [0.29, 0.717) is 0 Å². The summed E-state index contributed by atoms with van der Waals surface area (Å²) >= 11 is 0. The van der Waals surface area contributed by atoms with E-state index >= 15 is 0 Å². The summed E-state index contributed by atoms with van der Waals surface area (Å²) in [5, 5.41) is 7.78. The first-order valence-corrected chi connectivity index (χ1v) is 7.14. The largest absolute Gasteiger partial charge is 0.394 e. The van der Waals surface area contributed by atoms with E-state index < -0.39 is 0 Å². The molecule has 19 heavy (non-hydrogen) atoms. The van der Waals surface area contributed by atoms with Crippen LogP contribution in [0.3, 0.4) is 0 Å². The molecule has 1 N–H and O–H groups in total. The summed E-state index contributed by atoms with van der Waals surface area (Å²) in [6.45, 7) is 4.76. The van der Waals surface area contributed by atoms with Crippen molar-refractivity contribution < 1.29 is 4.84 Å². The summed E-state index contributed by atoms with van der Waals surface area (Å²) in [4.78, 5) is 7.86. The number of hydrogen-bond acceptors (Lipinski definition) is 3. The van der Waals surface area contributed by atoms with Crippen LogP contribution in [0.1, 0.15) is 18.4 Å². The lowest BCUT2D eigenvalue weighted by atomic mass is 10.2. The zero-order valence-corrected chi connectivity index (χ0v) is 11.2. The molecule has 1 aromatic carbocycles. The number of nitrogens with zero attached hydrogens (tertiary/aromatic N) is 2. The number of nitrogens with one attached hydrogen (secondary N) is 1. The van der Waals surface area contributed by atoms with Gasteiger partial charge in [-0.3, -0.25) is 0 Å². The summed E-state index contributed by atoms with van der Waals surface area (Å²) in [6.07, 6.45) is 2.59. The minimum absolute atomic E-state index is 0.740.